The van der Waals surface area contributed by atoms with Gasteiger partial charge < -0.3 is 10.2 Å². The Morgan fingerprint density at radius 1 is 1.38 bits per heavy atom. The summed E-state index contributed by atoms with van der Waals surface area (Å²) in [6.07, 6.45) is 0. The molecule has 0 amide bonds. The highest BCUT2D eigenvalue weighted by Gasteiger charge is 2.27. The van der Waals surface area contributed by atoms with Crippen molar-refractivity contribution >= 4 is 0 Å². The van der Waals surface area contributed by atoms with E-state index in [2.05, 4.69) is 45.0 Å². The molecule has 0 aromatic heterocycles. The molecule has 0 saturated carbocycles. The highest BCUT2D eigenvalue weighted by Crippen LogP contribution is 2.23. The average Bonchev–Trinajstić information content (AvgIpc) is 1.93. The van der Waals surface area contributed by atoms with Crippen molar-refractivity contribution in [3.8, 4) is 0 Å². The van der Waals surface area contributed by atoms with Crippen LogP contribution in [0.25, 0.3) is 0 Å². The number of nitrogens with one attached hydrogen (secondary N) is 1. The molecule has 1 saturated heterocycles. The van der Waals surface area contributed by atoms with Crippen LogP contribution in [0.2, 0.25) is 0 Å². The molecule has 1 unspecified atom stereocenters. The molecule has 1 aliphatic rings. The molecule has 0 aromatic rings. The molecule has 1 atom stereocenters. The van der Waals surface area contributed by atoms with E-state index in [1.807, 2.05) is 0 Å². The number of nitrogens with zero attached hydrogens (tertiary/aromatic N) is 1. The molecule has 0 bridgehead atoms. The highest BCUT2D eigenvalue weighted by atomic mass is 15.1. The smallest absolute Gasteiger partial charge is 0.0112 e. The first-order valence-electron chi connectivity index (χ1n) is 5.32. The third kappa shape index (κ3) is 2.96. The zero-order valence-corrected chi connectivity index (χ0v) is 9.72. The van der Waals surface area contributed by atoms with Crippen LogP contribution in [0, 0.1) is 11.3 Å². The van der Waals surface area contributed by atoms with Crippen LogP contribution in [0.5, 0.6) is 0 Å². The average molecular weight is 184 g/mol. The van der Waals surface area contributed by atoms with E-state index in [4.69, 9.17) is 0 Å². The molecule has 13 heavy (non-hydrogen) atoms. The molecule has 1 aliphatic heterocycles. The predicted octanol–water partition coefficient (Wildman–Crippen LogP) is 1.57. The third-order valence-corrected chi connectivity index (χ3v) is 3.33. The van der Waals surface area contributed by atoms with Gasteiger partial charge in [0.1, 0.15) is 0 Å². The normalized spacial score (nSPS) is 21.7. The number of hydrogen-bond acceptors (Lipinski definition) is 2. The Kier molecular flexibility index (Phi) is 3.36. The van der Waals surface area contributed by atoms with Gasteiger partial charge in [-0.2, -0.15) is 0 Å². The van der Waals surface area contributed by atoms with Crippen LogP contribution in [-0.4, -0.2) is 37.6 Å². The van der Waals surface area contributed by atoms with E-state index in [1.54, 1.807) is 0 Å². The molecule has 1 fully saturated rings. The quantitative estimate of drug-likeness (QED) is 0.716. The molecule has 1 heterocycles. The van der Waals surface area contributed by atoms with E-state index < -0.39 is 0 Å². The lowest BCUT2D eigenvalue weighted by Crippen LogP contribution is -2.50. The molecule has 0 aromatic carbocycles. The maximum atomic E-state index is 3.32. The minimum Gasteiger partial charge on any atom is -0.316 e. The van der Waals surface area contributed by atoms with Crippen molar-refractivity contribution in [3.05, 3.63) is 0 Å². The van der Waals surface area contributed by atoms with Gasteiger partial charge in [0, 0.05) is 25.7 Å². The van der Waals surface area contributed by atoms with E-state index in [9.17, 15) is 0 Å². The lowest BCUT2D eigenvalue weighted by Gasteiger charge is -2.39. The minimum absolute atomic E-state index is 0.395. The second kappa shape index (κ2) is 3.97. The Bertz CT molecular complexity index is 156. The molecule has 0 spiro atoms. The molecule has 78 valence electrons. The van der Waals surface area contributed by atoms with Gasteiger partial charge in [-0.15, -0.1) is 0 Å². The molecular formula is C11H24N2. The van der Waals surface area contributed by atoms with Gasteiger partial charge in [0.2, 0.25) is 0 Å². The topological polar surface area (TPSA) is 15.3 Å². The van der Waals surface area contributed by atoms with Gasteiger partial charge in [0.15, 0.2) is 0 Å². The van der Waals surface area contributed by atoms with Gasteiger partial charge in [-0.3, -0.25) is 0 Å². The zero-order chi connectivity index (χ0) is 10.1. The molecule has 0 radical (unpaired) electrons. The van der Waals surface area contributed by atoms with Gasteiger partial charge >= 0.3 is 0 Å². The van der Waals surface area contributed by atoms with Crippen molar-refractivity contribution in [2.45, 2.75) is 33.7 Å². The third-order valence-electron chi connectivity index (χ3n) is 3.33. The lowest BCUT2D eigenvalue weighted by atomic mass is 9.86. The van der Waals surface area contributed by atoms with Crippen LogP contribution in [0.1, 0.15) is 27.7 Å². The zero-order valence-electron chi connectivity index (χ0n) is 9.72. The number of hydrogen-bond donors (Lipinski definition) is 1. The maximum absolute atomic E-state index is 3.32. The summed E-state index contributed by atoms with van der Waals surface area (Å²) in [6, 6.07) is 0.660. The summed E-state index contributed by atoms with van der Waals surface area (Å²) >= 11 is 0. The molecule has 1 rings (SSSR count). The second-order valence-corrected chi connectivity index (χ2v) is 5.51. The van der Waals surface area contributed by atoms with Gasteiger partial charge in [-0.05, 0) is 25.3 Å². The Balaban J connectivity index is 2.32. The summed E-state index contributed by atoms with van der Waals surface area (Å²) in [5.41, 5.74) is 0.395. The van der Waals surface area contributed by atoms with Crippen LogP contribution >= 0.6 is 0 Å². The minimum atomic E-state index is 0.395. The van der Waals surface area contributed by atoms with Gasteiger partial charge in [0.25, 0.3) is 0 Å². The van der Waals surface area contributed by atoms with E-state index in [0.717, 1.165) is 5.92 Å². The molecular weight excluding hydrogens is 160 g/mol. The Morgan fingerprint density at radius 3 is 2.23 bits per heavy atom. The van der Waals surface area contributed by atoms with Gasteiger partial charge in [-0.25, -0.2) is 0 Å². The summed E-state index contributed by atoms with van der Waals surface area (Å²) in [4.78, 5) is 2.49. The largest absolute Gasteiger partial charge is 0.316 e. The first-order chi connectivity index (χ1) is 5.91. The Morgan fingerprint density at radius 2 is 1.92 bits per heavy atom. The highest BCUT2D eigenvalue weighted by molar-refractivity contribution is 4.82. The fourth-order valence-corrected chi connectivity index (χ4v) is 1.70. The fraction of sp³-hybridized carbons (Fsp3) is 1.00. The van der Waals surface area contributed by atoms with Crippen molar-refractivity contribution in [1.29, 1.82) is 0 Å². The first kappa shape index (κ1) is 11.0. The second-order valence-electron chi connectivity index (χ2n) is 5.51. The monoisotopic (exact) mass is 184 g/mol. The molecule has 2 nitrogen and oxygen atoms in total. The van der Waals surface area contributed by atoms with E-state index in [-0.39, 0.29) is 0 Å². The summed E-state index contributed by atoms with van der Waals surface area (Å²) in [5.74, 6) is 0.884. The number of rotatable bonds is 3. The van der Waals surface area contributed by atoms with Crippen molar-refractivity contribution in [2.24, 2.45) is 11.3 Å². The standard InChI is InChI=1S/C11H24N2/c1-9(11(2,3)4)13(5)8-10-6-12-7-10/h9-10,12H,6-8H2,1-5H3. The summed E-state index contributed by atoms with van der Waals surface area (Å²) in [7, 11) is 2.24. The summed E-state index contributed by atoms with van der Waals surface area (Å²) < 4.78 is 0. The van der Waals surface area contributed by atoms with Crippen molar-refractivity contribution in [3.63, 3.8) is 0 Å². The summed E-state index contributed by atoms with van der Waals surface area (Å²) in [6.45, 7) is 12.9. The van der Waals surface area contributed by atoms with E-state index >= 15 is 0 Å². The lowest BCUT2D eigenvalue weighted by molar-refractivity contribution is 0.109. The van der Waals surface area contributed by atoms with Crippen LogP contribution in [0.15, 0.2) is 0 Å². The molecule has 2 heteroatoms. The van der Waals surface area contributed by atoms with Crippen LogP contribution in [0.4, 0.5) is 0 Å². The Hall–Kier alpha value is -0.0800. The van der Waals surface area contributed by atoms with E-state index in [0.29, 0.717) is 11.5 Å². The predicted molar refractivity (Wildman–Crippen MR) is 57.9 cm³/mol. The van der Waals surface area contributed by atoms with Crippen molar-refractivity contribution < 1.29 is 0 Å². The van der Waals surface area contributed by atoms with Gasteiger partial charge in [0.05, 0.1) is 0 Å². The maximum Gasteiger partial charge on any atom is 0.0112 e. The summed E-state index contributed by atoms with van der Waals surface area (Å²) in [5, 5.41) is 3.32. The van der Waals surface area contributed by atoms with E-state index in [1.165, 1.54) is 19.6 Å². The van der Waals surface area contributed by atoms with Crippen LogP contribution < -0.4 is 5.32 Å². The van der Waals surface area contributed by atoms with Gasteiger partial charge in [-0.1, -0.05) is 20.8 Å². The van der Waals surface area contributed by atoms with Crippen LogP contribution in [-0.2, 0) is 0 Å². The molecule has 0 aliphatic carbocycles. The first-order valence-corrected chi connectivity index (χ1v) is 5.32. The fourth-order valence-electron chi connectivity index (χ4n) is 1.70. The van der Waals surface area contributed by atoms with Crippen molar-refractivity contribution in [1.82, 2.24) is 10.2 Å². The SMILES string of the molecule is CC(N(C)CC1CNC1)C(C)(C)C. The van der Waals surface area contributed by atoms with Crippen molar-refractivity contribution in [2.75, 3.05) is 26.7 Å². The van der Waals surface area contributed by atoms with Crippen LogP contribution in [0.3, 0.4) is 0 Å². The molecule has 1 N–H and O–H groups in total. The Labute approximate surface area is 82.7 Å².